The Morgan fingerprint density at radius 3 is 2.85 bits per heavy atom. The predicted octanol–water partition coefficient (Wildman–Crippen LogP) is 2.18. The van der Waals surface area contributed by atoms with Crippen molar-refractivity contribution < 1.29 is 0 Å². The fourth-order valence-corrected chi connectivity index (χ4v) is 3.19. The average Bonchev–Trinajstić information content (AvgIpc) is 2.93. The molecule has 1 aromatic heterocycles. The summed E-state index contributed by atoms with van der Waals surface area (Å²) in [6, 6.07) is 10.9. The van der Waals surface area contributed by atoms with Crippen molar-refractivity contribution in [3.05, 3.63) is 47.3 Å². The fraction of sp³-hybridized carbons (Fsp3) is 0.438. The topological polar surface area (TPSA) is 47.1 Å². The molecule has 106 valence electrons. The quantitative estimate of drug-likeness (QED) is 0.926. The van der Waals surface area contributed by atoms with Crippen molar-refractivity contribution >= 4 is 5.69 Å². The second kappa shape index (κ2) is 5.29. The molecule has 0 saturated heterocycles. The minimum absolute atomic E-state index is 0.561. The Labute approximate surface area is 120 Å². The first-order valence-electron chi connectivity index (χ1n) is 7.22. The van der Waals surface area contributed by atoms with Gasteiger partial charge in [0.1, 0.15) is 0 Å². The third-order valence-corrected chi connectivity index (χ3v) is 4.12. The summed E-state index contributed by atoms with van der Waals surface area (Å²) in [5.41, 5.74) is 10.9. The summed E-state index contributed by atoms with van der Waals surface area (Å²) >= 11 is 0. The maximum absolute atomic E-state index is 5.76. The van der Waals surface area contributed by atoms with Gasteiger partial charge >= 0.3 is 0 Å². The first-order valence-corrected chi connectivity index (χ1v) is 7.22. The second-order valence-electron chi connectivity index (χ2n) is 5.61. The maximum atomic E-state index is 5.76. The van der Waals surface area contributed by atoms with Crippen molar-refractivity contribution in [1.82, 2.24) is 9.78 Å². The van der Waals surface area contributed by atoms with Crippen LogP contribution in [-0.2, 0) is 13.6 Å². The van der Waals surface area contributed by atoms with Crippen molar-refractivity contribution in [3.8, 4) is 0 Å². The van der Waals surface area contributed by atoms with Gasteiger partial charge in [-0.15, -0.1) is 0 Å². The number of rotatable bonds is 4. The summed E-state index contributed by atoms with van der Waals surface area (Å²) in [6.45, 7) is 4.76. The molecule has 4 heteroatoms. The van der Waals surface area contributed by atoms with Crippen LogP contribution in [0.2, 0.25) is 0 Å². The van der Waals surface area contributed by atoms with Crippen LogP contribution in [-0.4, -0.2) is 22.9 Å². The van der Waals surface area contributed by atoms with Crippen LogP contribution < -0.4 is 10.6 Å². The van der Waals surface area contributed by atoms with Gasteiger partial charge in [0.25, 0.3) is 0 Å². The number of aromatic nitrogens is 2. The number of nitrogens with two attached hydrogens (primary N) is 1. The third-order valence-electron chi connectivity index (χ3n) is 4.12. The van der Waals surface area contributed by atoms with Gasteiger partial charge in [0.2, 0.25) is 0 Å². The highest BCUT2D eigenvalue weighted by molar-refractivity contribution is 5.60. The van der Waals surface area contributed by atoms with Gasteiger partial charge in [0.15, 0.2) is 0 Å². The van der Waals surface area contributed by atoms with E-state index in [9.17, 15) is 0 Å². The predicted molar refractivity (Wildman–Crippen MR) is 81.8 cm³/mol. The molecule has 0 spiro atoms. The SMILES string of the molecule is Cc1cc(CN2CC(CCN)c3ccccc32)n(C)n1. The average molecular weight is 270 g/mol. The number of hydrogen-bond donors (Lipinski definition) is 1. The number of anilines is 1. The lowest BCUT2D eigenvalue weighted by Gasteiger charge is -2.20. The molecule has 20 heavy (non-hydrogen) atoms. The van der Waals surface area contributed by atoms with Gasteiger partial charge in [-0.25, -0.2) is 0 Å². The van der Waals surface area contributed by atoms with Crippen molar-refractivity contribution in [3.63, 3.8) is 0 Å². The zero-order valence-corrected chi connectivity index (χ0v) is 12.2. The number of aryl methyl sites for hydroxylation is 2. The Bertz CT molecular complexity index is 602. The van der Waals surface area contributed by atoms with Crippen molar-refractivity contribution in [1.29, 1.82) is 0 Å². The maximum Gasteiger partial charge on any atom is 0.0599 e. The smallest absolute Gasteiger partial charge is 0.0599 e. The van der Waals surface area contributed by atoms with Gasteiger partial charge in [-0.05, 0) is 37.6 Å². The lowest BCUT2D eigenvalue weighted by molar-refractivity contribution is 0.626. The Hall–Kier alpha value is -1.81. The van der Waals surface area contributed by atoms with E-state index >= 15 is 0 Å². The molecule has 0 saturated carbocycles. The first-order chi connectivity index (χ1) is 9.69. The Morgan fingerprint density at radius 1 is 1.35 bits per heavy atom. The molecular formula is C16H22N4. The summed E-state index contributed by atoms with van der Waals surface area (Å²) < 4.78 is 1.98. The van der Waals surface area contributed by atoms with E-state index in [0.717, 1.165) is 31.7 Å². The first kappa shape index (κ1) is 13.2. The Kier molecular flexibility index (Phi) is 3.49. The van der Waals surface area contributed by atoms with Gasteiger partial charge in [-0.1, -0.05) is 18.2 Å². The number of benzene rings is 1. The zero-order valence-electron chi connectivity index (χ0n) is 12.2. The summed E-state index contributed by atoms with van der Waals surface area (Å²) in [5.74, 6) is 0.561. The van der Waals surface area contributed by atoms with E-state index in [1.807, 2.05) is 18.7 Å². The van der Waals surface area contributed by atoms with E-state index in [4.69, 9.17) is 5.73 Å². The fourth-order valence-electron chi connectivity index (χ4n) is 3.19. The van der Waals surface area contributed by atoms with Gasteiger partial charge in [0.05, 0.1) is 17.9 Å². The van der Waals surface area contributed by atoms with Crippen LogP contribution in [0.5, 0.6) is 0 Å². The van der Waals surface area contributed by atoms with E-state index in [0.29, 0.717) is 5.92 Å². The Balaban J connectivity index is 1.86. The molecule has 2 heterocycles. The molecule has 1 aliphatic heterocycles. The third kappa shape index (κ3) is 2.31. The van der Waals surface area contributed by atoms with E-state index in [1.165, 1.54) is 16.9 Å². The molecule has 1 unspecified atom stereocenters. The molecule has 2 N–H and O–H groups in total. The number of nitrogens with zero attached hydrogens (tertiary/aromatic N) is 3. The highest BCUT2D eigenvalue weighted by Gasteiger charge is 2.28. The van der Waals surface area contributed by atoms with E-state index in [-0.39, 0.29) is 0 Å². The molecule has 0 amide bonds. The molecule has 4 nitrogen and oxygen atoms in total. The highest BCUT2D eigenvalue weighted by atomic mass is 15.3. The number of fused-ring (bicyclic) bond motifs is 1. The van der Waals surface area contributed by atoms with Crippen molar-refractivity contribution in [2.45, 2.75) is 25.8 Å². The van der Waals surface area contributed by atoms with Gasteiger partial charge in [-0.3, -0.25) is 4.68 Å². The van der Waals surface area contributed by atoms with Crippen LogP contribution in [0.1, 0.15) is 29.3 Å². The van der Waals surface area contributed by atoms with Crippen molar-refractivity contribution in [2.75, 3.05) is 18.0 Å². The molecule has 1 atom stereocenters. The minimum atomic E-state index is 0.561. The lowest BCUT2D eigenvalue weighted by atomic mass is 9.98. The molecular weight excluding hydrogens is 248 g/mol. The zero-order chi connectivity index (χ0) is 14.1. The molecule has 1 aromatic carbocycles. The van der Waals surface area contributed by atoms with E-state index in [2.05, 4.69) is 40.3 Å². The molecule has 0 radical (unpaired) electrons. The van der Waals surface area contributed by atoms with Crippen LogP contribution in [0, 0.1) is 6.92 Å². The van der Waals surface area contributed by atoms with Gasteiger partial charge < -0.3 is 10.6 Å². The summed E-state index contributed by atoms with van der Waals surface area (Å²) in [6.07, 6.45) is 1.05. The second-order valence-corrected chi connectivity index (χ2v) is 5.61. The monoisotopic (exact) mass is 270 g/mol. The van der Waals surface area contributed by atoms with E-state index < -0.39 is 0 Å². The number of para-hydroxylation sites is 1. The van der Waals surface area contributed by atoms with Gasteiger partial charge in [0, 0.05) is 25.2 Å². The molecule has 1 aliphatic rings. The summed E-state index contributed by atoms with van der Waals surface area (Å²) in [7, 11) is 2.02. The van der Waals surface area contributed by atoms with Crippen LogP contribution in [0.25, 0.3) is 0 Å². The molecule has 2 aromatic rings. The standard InChI is InChI=1S/C16H22N4/c1-12-9-14(19(2)18-12)11-20-10-13(7-8-17)15-5-3-4-6-16(15)20/h3-6,9,13H,7-8,10-11,17H2,1-2H3. The van der Waals surface area contributed by atoms with Crippen LogP contribution in [0.15, 0.2) is 30.3 Å². The van der Waals surface area contributed by atoms with Crippen LogP contribution >= 0.6 is 0 Å². The lowest BCUT2D eigenvalue weighted by Crippen LogP contribution is -2.23. The van der Waals surface area contributed by atoms with Crippen molar-refractivity contribution in [2.24, 2.45) is 12.8 Å². The largest absolute Gasteiger partial charge is 0.365 e. The Morgan fingerprint density at radius 2 is 2.15 bits per heavy atom. The summed E-state index contributed by atoms with van der Waals surface area (Å²) in [4.78, 5) is 2.45. The van der Waals surface area contributed by atoms with E-state index in [1.54, 1.807) is 0 Å². The molecule has 0 aliphatic carbocycles. The highest BCUT2D eigenvalue weighted by Crippen LogP contribution is 2.38. The normalized spacial score (nSPS) is 17.6. The molecule has 0 bridgehead atoms. The number of hydrogen-bond acceptors (Lipinski definition) is 3. The molecule has 3 rings (SSSR count). The van der Waals surface area contributed by atoms with Gasteiger partial charge in [-0.2, -0.15) is 5.10 Å². The van der Waals surface area contributed by atoms with Crippen LogP contribution in [0.4, 0.5) is 5.69 Å². The molecule has 0 fully saturated rings. The van der Waals surface area contributed by atoms with Crippen LogP contribution in [0.3, 0.4) is 0 Å². The minimum Gasteiger partial charge on any atom is -0.365 e. The summed E-state index contributed by atoms with van der Waals surface area (Å²) in [5, 5.41) is 4.43.